The molecular formula is C22H28ClFN4O. The number of carbonyl (C=O) groups is 1. The van der Waals surface area contributed by atoms with Gasteiger partial charge in [0.25, 0.3) is 5.91 Å². The highest BCUT2D eigenvalue weighted by molar-refractivity contribution is 6.31. The van der Waals surface area contributed by atoms with Crippen LogP contribution in [-0.4, -0.2) is 34.7 Å². The molecule has 0 bridgehead atoms. The average molecular weight is 419 g/mol. The van der Waals surface area contributed by atoms with Gasteiger partial charge in [-0.2, -0.15) is 0 Å². The number of nitrogens with one attached hydrogen (secondary N) is 1. The van der Waals surface area contributed by atoms with E-state index < -0.39 is 6.17 Å². The predicted molar refractivity (Wildman–Crippen MR) is 113 cm³/mol. The van der Waals surface area contributed by atoms with E-state index in [4.69, 9.17) is 11.6 Å². The second kappa shape index (κ2) is 7.63. The zero-order valence-corrected chi connectivity index (χ0v) is 18.0. The van der Waals surface area contributed by atoms with Crippen LogP contribution in [0.15, 0.2) is 18.3 Å². The van der Waals surface area contributed by atoms with E-state index in [0.29, 0.717) is 36.9 Å². The topological polar surface area (TPSA) is 50.2 Å². The van der Waals surface area contributed by atoms with Crippen LogP contribution in [0.2, 0.25) is 5.15 Å². The summed E-state index contributed by atoms with van der Waals surface area (Å²) in [6, 6.07) is 3.79. The predicted octanol–water partition coefficient (Wildman–Crippen LogP) is 4.07. The number of pyridine rings is 1. The van der Waals surface area contributed by atoms with Crippen molar-refractivity contribution >= 4 is 23.2 Å². The van der Waals surface area contributed by atoms with E-state index in [0.717, 1.165) is 41.8 Å². The molecule has 2 aromatic heterocycles. The van der Waals surface area contributed by atoms with Crippen molar-refractivity contribution in [2.75, 3.05) is 18.0 Å². The SMILES string of the molecule is Cn1c(Cl)c2c(c1C(=O)NCc1ncccc1N1CC[C@H](F)C1)CCC(C)(C)C2. The van der Waals surface area contributed by atoms with Gasteiger partial charge < -0.3 is 14.8 Å². The van der Waals surface area contributed by atoms with E-state index in [-0.39, 0.29) is 11.3 Å². The van der Waals surface area contributed by atoms with Crippen molar-refractivity contribution in [3.05, 3.63) is 46.0 Å². The molecule has 4 rings (SSSR count). The summed E-state index contributed by atoms with van der Waals surface area (Å²) in [4.78, 5) is 19.5. The van der Waals surface area contributed by atoms with Crippen LogP contribution >= 0.6 is 11.6 Å². The fourth-order valence-electron chi connectivity index (χ4n) is 4.58. The Kier molecular flexibility index (Phi) is 5.32. The lowest BCUT2D eigenvalue weighted by atomic mass is 9.75. The van der Waals surface area contributed by atoms with E-state index in [1.54, 1.807) is 10.8 Å². The quantitative estimate of drug-likeness (QED) is 0.814. The molecular weight excluding hydrogens is 391 g/mol. The summed E-state index contributed by atoms with van der Waals surface area (Å²) in [5, 5.41) is 3.67. The Morgan fingerprint density at radius 1 is 1.41 bits per heavy atom. The molecule has 0 saturated carbocycles. The van der Waals surface area contributed by atoms with Crippen LogP contribution < -0.4 is 10.2 Å². The first-order valence-corrected chi connectivity index (χ1v) is 10.6. The van der Waals surface area contributed by atoms with E-state index >= 15 is 0 Å². The minimum absolute atomic E-state index is 0.142. The van der Waals surface area contributed by atoms with Crippen molar-refractivity contribution < 1.29 is 9.18 Å². The summed E-state index contributed by atoms with van der Waals surface area (Å²) < 4.78 is 15.4. The summed E-state index contributed by atoms with van der Waals surface area (Å²) in [6.45, 7) is 5.82. The van der Waals surface area contributed by atoms with Gasteiger partial charge in [0, 0.05) is 26.3 Å². The van der Waals surface area contributed by atoms with Crippen LogP contribution in [0.3, 0.4) is 0 Å². The number of carbonyl (C=O) groups excluding carboxylic acids is 1. The molecule has 1 aliphatic carbocycles. The molecule has 0 spiro atoms. The largest absolute Gasteiger partial charge is 0.367 e. The van der Waals surface area contributed by atoms with Crippen LogP contribution in [0, 0.1) is 5.41 Å². The molecule has 156 valence electrons. The smallest absolute Gasteiger partial charge is 0.268 e. The molecule has 0 aromatic carbocycles. The van der Waals surface area contributed by atoms with Gasteiger partial charge in [-0.3, -0.25) is 9.78 Å². The molecule has 1 amide bonds. The summed E-state index contributed by atoms with van der Waals surface area (Å²) in [7, 11) is 1.85. The number of halogens is 2. The van der Waals surface area contributed by atoms with Gasteiger partial charge in [-0.05, 0) is 54.4 Å². The Hall–Kier alpha value is -2.08. The van der Waals surface area contributed by atoms with Gasteiger partial charge in [0.15, 0.2) is 0 Å². The molecule has 5 nitrogen and oxygen atoms in total. The minimum Gasteiger partial charge on any atom is -0.367 e. The Morgan fingerprint density at radius 2 is 2.21 bits per heavy atom. The van der Waals surface area contributed by atoms with E-state index in [2.05, 4.69) is 24.1 Å². The monoisotopic (exact) mass is 418 g/mol. The lowest BCUT2D eigenvalue weighted by Gasteiger charge is -2.29. The first-order chi connectivity index (χ1) is 13.8. The average Bonchev–Trinajstić information content (AvgIpc) is 3.22. The zero-order chi connectivity index (χ0) is 20.8. The van der Waals surface area contributed by atoms with Crippen molar-refractivity contribution in [2.45, 2.75) is 52.2 Å². The number of hydrogen-bond donors (Lipinski definition) is 1. The zero-order valence-electron chi connectivity index (χ0n) is 17.3. The molecule has 29 heavy (non-hydrogen) atoms. The molecule has 1 saturated heterocycles. The van der Waals surface area contributed by atoms with Crippen LogP contribution in [0.5, 0.6) is 0 Å². The van der Waals surface area contributed by atoms with Gasteiger partial charge in [0.05, 0.1) is 17.9 Å². The van der Waals surface area contributed by atoms with Crippen LogP contribution in [-0.2, 0) is 26.4 Å². The summed E-state index contributed by atoms with van der Waals surface area (Å²) in [5.41, 5.74) is 4.64. The second-order valence-electron chi connectivity index (χ2n) is 8.98. The molecule has 2 aliphatic rings. The van der Waals surface area contributed by atoms with E-state index in [1.165, 1.54) is 0 Å². The lowest BCUT2D eigenvalue weighted by molar-refractivity contribution is 0.0940. The van der Waals surface area contributed by atoms with E-state index in [9.17, 15) is 9.18 Å². The van der Waals surface area contributed by atoms with Gasteiger partial charge in [-0.1, -0.05) is 25.4 Å². The third kappa shape index (κ3) is 3.87. The molecule has 1 atom stereocenters. The summed E-state index contributed by atoms with van der Waals surface area (Å²) >= 11 is 6.57. The highest BCUT2D eigenvalue weighted by atomic mass is 35.5. The highest BCUT2D eigenvalue weighted by Gasteiger charge is 2.33. The number of alkyl halides is 1. The first kappa shape index (κ1) is 20.2. The molecule has 1 N–H and O–H groups in total. The highest BCUT2D eigenvalue weighted by Crippen LogP contribution is 2.40. The molecule has 3 heterocycles. The number of nitrogens with zero attached hydrogens (tertiary/aromatic N) is 3. The van der Waals surface area contributed by atoms with Crippen molar-refractivity contribution in [1.82, 2.24) is 14.9 Å². The van der Waals surface area contributed by atoms with Crippen molar-refractivity contribution in [3.8, 4) is 0 Å². The van der Waals surface area contributed by atoms with Crippen LogP contribution in [0.25, 0.3) is 0 Å². The Labute approximate surface area is 176 Å². The Bertz CT molecular complexity index is 939. The molecule has 1 fully saturated rings. The molecule has 7 heteroatoms. The maximum absolute atomic E-state index is 13.6. The van der Waals surface area contributed by atoms with Gasteiger partial charge in [0.2, 0.25) is 0 Å². The van der Waals surface area contributed by atoms with Gasteiger partial charge in [-0.25, -0.2) is 4.39 Å². The number of rotatable bonds is 4. The molecule has 0 radical (unpaired) electrons. The van der Waals surface area contributed by atoms with Crippen molar-refractivity contribution in [1.29, 1.82) is 0 Å². The van der Waals surface area contributed by atoms with Gasteiger partial charge >= 0.3 is 0 Å². The van der Waals surface area contributed by atoms with Crippen LogP contribution in [0.4, 0.5) is 10.1 Å². The third-order valence-electron chi connectivity index (χ3n) is 6.21. The number of fused-ring (bicyclic) bond motifs is 1. The maximum Gasteiger partial charge on any atom is 0.268 e. The van der Waals surface area contributed by atoms with Crippen molar-refractivity contribution in [3.63, 3.8) is 0 Å². The summed E-state index contributed by atoms with van der Waals surface area (Å²) in [6.07, 6.45) is 4.20. The van der Waals surface area contributed by atoms with Crippen LogP contribution in [0.1, 0.15) is 54.0 Å². The number of aromatic nitrogens is 2. The maximum atomic E-state index is 13.6. The van der Waals surface area contributed by atoms with Gasteiger partial charge in [0.1, 0.15) is 17.0 Å². The lowest BCUT2D eigenvalue weighted by Crippen LogP contribution is -2.29. The van der Waals surface area contributed by atoms with Gasteiger partial charge in [-0.15, -0.1) is 0 Å². The number of amides is 1. The second-order valence-corrected chi connectivity index (χ2v) is 9.34. The standard InChI is InChI=1S/C22H28ClFN4O/c1-22(2)8-6-15-16(11-22)20(23)27(3)19(15)21(29)26-12-17-18(5-4-9-25-17)28-10-7-14(24)13-28/h4-5,9,14H,6-8,10-13H2,1-3H3,(H,26,29)/t14-/m0/s1. The molecule has 2 aromatic rings. The molecule has 1 aliphatic heterocycles. The minimum atomic E-state index is -0.807. The first-order valence-electron chi connectivity index (χ1n) is 10.2. The summed E-state index contributed by atoms with van der Waals surface area (Å²) in [5.74, 6) is -0.142. The number of hydrogen-bond acceptors (Lipinski definition) is 3. The van der Waals surface area contributed by atoms with Crippen molar-refractivity contribution in [2.24, 2.45) is 12.5 Å². The fraction of sp³-hybridized carbons (Fsp3) is 0.545. The third-order valence-corrected chi connectivity index (χ3v) is 6.69. The van der Waals surface area contributed by atoms with E-state index in [1.807, 2.05) is 24.1 Å². The molecule has 0 unspecified atom stereocenters. The Morgan fingerprint density at radius 3 is 2.93 bits per heavy atom. The number of anilines is 1. The fourth-order valence-corrected chi connectivity index (χ4v) is 4.84. The normalized spacial score (nSPS) is 20.6. The Balaban J connectivity index is 1.54.